The molecular formula is C15H30N2. The zero-order chi connectivity index (χ0) is 12.1. The number of nitrogens with zero attached hydrogens (tertiary/aromatic N) is 1. The van der Waals surface area contributed by atoms with Crippen LogP contribution in [0.3, 0.4) is 0 Å². The average molecular weight is 238 g/mol. The first-order valence-electron chi connectivity index (χ1n) is 7.75. The third kappa shape index (κ3) is 3.96. The van der Waals surface area contributed by atoms with Crippen LogP contribution >= 0.6 is 0 Å². The number of nitrogens with one attached hydrogen (secondary N) is 1. The van der Waals surface area contributed by atoms with Gasteiger partial charge in [0.05, 0.1) is 0 Å². The first kappa shape index (κ1) is 13.4. The van der Waals surface area contributed by atoms with Gasteiger partial charge in [-0.1, -0.05) is 26.7 Å². The molecular weight excluding hydrogens is 208 g/mol. The van der Waals surface area contributed by atoms with Crippen LogP contribution in [0.25, 0.3) is 0 Å². The van der Waals surface area contributed by atoms with E-state index in [9.17, 15) is 0 Å². The van der Waals surface area contributed by atoms with Crippen LogP contribution in [0, 0.1) is 11.8 Å². The maximum atomic E-state index is 3.83. The Morgan fingerprint density at radius 1 is 1.12 bits per heavy atom. The van der Waals surface area contributed by atoms with Crippen LogP contribution in [0.4, 0.5) is 0 Å². The summed E-state index contributed by atoms with van der Waals surface area (Å²) in [5.74, 6) is 1.92. The third-order valence-electron chi connectivity index (χ3n) is 4.84. The fraction of sp³-hybridized carbons (Fsp3) is 1.00. The van der Waals surface area contributed by atoms with Gasteiger partial charge >= 0.3 is 0 Å². The van der Waals surface area contributed by atoms with E-state index in [1.54, 1.807) is 0 Å². The van der Waals surface area contributed by atoms with Crippen molar-refractivity contribution < 1.29 is 0 Å². The van der Waals surface area contributed by atoms with Crippen molar-refractivity contribution in [2.45, 2.75) is 58.4 Å². The minimum atomic E-state index is 0.802. The highest BCUT2D eigenvalue weighted by atomic mass is 15.1. The highest BCUT2D eigenvalue weighted by Gasteiger charge is 2.25. The second kappa shape index (κ2) is 6.75. The SMILES string of the molecule is CCCN1CCC(NCC2CCCC2C)CC1. The van der Waals surface area contributed by atoms with Gasteiger partial charge in [0.2, 0.25) is 0 Å². The van der Waals surface area contributed by atoms with Crippen LogP contribution in [-0.2, 0) is 0 Å². The summed E-state index contributed by atoms with van der Waals surface area (Å²) in [6.45, 7) is 9.92. The molecule has 2 unspecified atom stereocenters. The second-order valence-corrected chi connectivity index (χ2v) is 6.19. The van der Waals surface area contributed by atoms with Crippen LogP contribution in [-0.4, -0.2) is 37.1 Å². The van der Waals surface area contributed by atoms with Crippen molar-refractivity contribution in [3.05, 3.63) is 0 Å². The smallest absolute Gasteiger partial charge is 0.00915 e. The van der Waals surface area contributed by atoms with Crippen molar-refractivity contribution in [2.75, 3.05) is 26.2 Å². The lowest BCUT2D eigenvalue weighted by molar-refractivity contribution is 0.193. The zero-order valence-corrected chi connectivity index (χ0v) is 11.8. The summed E-state index contributed by atoms with van der Waals surface area (Å²) in [6.07, 6.45) is 8.41. The lowest BCUT2D eigenvalue weighted by Crippen LogP contribution is -2.44. The van der Waals surface area contributed by atoms with E-state index in [-0.39, 0.29) is 0 Å². The van der Waals surface area contributed by atoms with E-state index < -0.39 is 0 Å². The Bertz CT molecular complexity index is 209. The molecule has 0 spiro atoms. The molecule has 1 saturated carbocycles. The minimum Gasteiger partial charge on any atom is -0.314 e. The fourth-order valence-corrected chi connectivity index (χ4v) is 3.52. The summed E-state index contributed by atoms with van der Waals surface area (Å²) < 4.78 is 0. The Labute approximate surface area is 107 Å². The van der Waals surface area contributed by atoms with Gasteiger partial charge in [0.25, 0.3) is 0 Å². The molecule has 17 heavy (non-hydrogen) atoms. The van der Waals surface area contributed by atoms with Crippen LogP contribution < -0.4 is 5.32 Å². The van der Waals surface area contributed by atoms with Crippen molar-refractivity contribution >= 4 is 0 Å². The first-order valence-corrected chi connectivity index (χ1v) is 7.75. The van der Waals surface area contributed by atoms with Crippen LogP contribution in [0.2, 0.25) is 0 Å². The van der Waals surface area contributed by atoms with Crippen LogP contribution in [0.1, 0.15) is 52.4 Å². The summed E-state index contributed by atoms with van der Waals surface area (Å²) in [5.41, 5.74) is 0. The molecule has 2 aliphatic rings. The van der Waals surface area contributed by atoms with Crippen LogP contribution in [0.5, 0.6) is 0 Å². The highest BCUT2D eigenvalue weighted by Crippen LogP contribution is 2.30. The molecule has 1 saturated heterocycles. The molecule has 2 heteroatoms. The Hall–Kier alpha value is -0.0800. The van der Waals surface area contributed by atoms with Crippen molar-refractivity contribution in [1.82, 2.24) is 10.2 Å². The number of hydrogen-bond acceptors (Lipinski definition) is 2. The highest BCUT2D eigenvalue weighted by molar-refractivity contribution is 4.81. The fourth-order valence-electron chi connectivity index (χ4n) is 3.52. The Balaban J connectivity index is 1.61. The summed E-state index contributed by atoms with van der Waals surface area (Å²) in [4.78, 5) is 2.62. The topological polar surface area (TPSA) is 15.3 Å². The van der Waals surface area contributed by atoms with Crippen molar-refractivity contribution in [1.29, 1.82) is 0 Å². The lowest BCUT2D eigenvalue weighted by Gasteiger charge is -2.33. The monoisotopic (exact) mass is 238 g/mol. The molecule has 2 fully saturated rings. The van der Waals surface area contributed by atoms with Gasteiger partial charge in [-0.05, 0) is 63.7 Å². The lowest BCUT2D eigenvalue weighted by atomic mass is 9.97. The van der Waals surface area contributed by atoms with Crippen molar-refractivity contribution in [2.24, 2.45) is 11.8 Å². The van der Waals surface area contributed by atoms with E-state index in [0.29, 0.717) is 0 Å². The van der Waals surface area contributed by atoms with E-state index in [2.05, 4.69) is 24.1 Å². The largest absolute Gasteiger partial charge is 0.314 e. The molecule has 0 aromatic heterocycles. The number of piperidine rings is 1. The van der Waals surface area contributed by atoms with E-state index in [1.165, 1.54) is 64.7 Å². The maximum absolute atomic E-state index is 3.83. The van der Waals surface area contributed by atoms with Gasteiger partial charge in [-0.2, -0.15) is 0 Å². The molecule has 0 aromatic carbocycles. The third-order valence-corrected chi connectivity index (χ3v) is 4.84. The van der Waals surface area contributed by atoms with E-state index >= 15 is 0 Å². The molecule has 0 aromatic rings. The Morgan fingerprint density at radius 2 is 1.88 bits per heavy atom. The van der Waals surface area contributed by atoms with E-state index in [4.69, 9.17) is 0 Å². The van der Waals surface area contributed by atoms with Gasteiger partial charge < -0.3 is 10.2 Å². The molecule has 2 rings (SSSR count). The van der Waals surface area contributed by atoms with Gasteiger partial charge in [0, 0.05) is 6.04 Å². The molecule has 0 radical (unpaired) electrons. The van der Waals surface area contributed by atoms with E-state index in [0.717, 1.165) is 17.9 Å². The first-order chi connectivity index (χ1) is 8.29. The van der Waals surface area contributed by atoms with Gasteiger partial charge in [-0.3, -0.25) is 0 Å². The molecule has 100 valence electrons. The predicted molar refractivity (Wildman–Crippen MR) is 74.3 cm³/mol. The Morgan fingerprint density at radius 3 is 2.47 bits per heavy atom. The molecule has 2 atom stereocenters. The van der Waals surface area contributed by atoms with Gasteiger partial charge in [-0.15, -0.1) is 0 Å². The Kier molecular flexibility index (Phi) is 5.30. The summed E-state index contributed by atoms with van der Waals surface area (Å²) >= 11 is 0. The normalized spacial score (nSPS) is 32.1. The quantitative estimate of drug-likeness (QED) is 0.792. The molecule has 1 N–H and O–H groups in total. The maximum Gasteiger partial charge on any atom is 0.00915 e. The number of likely N-dealkylation sites (tertiary alicyclic amines) is 1. The minimum absolute atomic E-state index is 0.802. The predicted octanol–water partition coefficient (Wildman–Crippen LogP) is 2.89. The molecule has 0 amide bonds. The molecule has 2 nitrogen and oxygen atoms in total. The van der Waals surface area contributed by atoms with E-state index in [1.807, 2.05) is 0 Å². The van der Waals surface area contributed by atoms with Crippen LogP contribution in [0.15, 0.2) is 0 Å². The second-order valence-electron chi connectivity index (χ2n) is 6.19. The number of rotatable bonds is 5. The molecule has 1 heterocycles. The van der Waals surface area contributed by atoms with Crippen molar-refractivity contribution in [3.8, 4) is 0 Å². The molecule has 1 aliphatic carbocycles. The van der Waals surface area contributed by atoms with Gasteiger partial charge in [0.1, 0.15) is 0 Å². The molecule has 0 bridgehead atoms. The summed E-state index contributed by atoms with van der Waals surface area (Å²) in [7, 11) is 0. The molecule has 1 aliphatic heterocycles. The van der Waals surface area contributed by atoms with Gasteiger partial charge in [0.15, 0.2) is 0 Å². The van der Waals surface area contributed by atoms with Crippen molar-refractivity contribution in [3.63, 3.8) is 0 Å². The summed E-state index contributed by atoms with van der Waals surface area (Å²) in [5, 5.41) is 3.83. The average Bonchev–Trinajstić information content (AvgIpc) is 2.75. The summed E-state index contributed by atoms with van der Waals surface area (Å²) in [6, 6.07) is 0.802. The number of hydrogen-bond donors (Lipinski definition) is 1. The van der Waals surface area contributed by atoms with Gasteiger partial charge in [-0.25, -0.2) is 0 Å². The standard InChI is InChI=1S/C15H30N2/c1-3-9-17-10-7-15(8-11-17)16-12-14-6-4-5-13(14)2/h13-16H,3-12H2,1-2H3. The zero-order valence-electron chi connectivity index (χ0n) is 11.8.